The highest BCUT2D eigenvalue weighted by Gasteiger charge is 2.57. The predicted molar refractivity (Wildman–Crippen MR) is 73.0 cm³/mol. The average Bonchev–Trinajstić information content (AvgIpc) is 3.08. The molecule has 19 heavy (non-hydrogen) atoms. The molecule has 1 saturated heterocycles. The highest BCUT2D eigenvalue weighted by Crippen LogP contribution is 2.58. The second-order valence-corrected chi connectivity index (χ2v) is 5.73. The second kappa shape index (κ2) is 4.49. The van der Waals surface area contributed by atoms with Crippen molar-refractivity contribution in [3.05, 3.63) is 28.7 Å². The van der Waals surface area contributed by atoms with Gasteiger partial charge in [0.2, 0.25) is 11.5 Å². The van der Waals surface area contributed by atoms with Crippen LogP contribution in [-0.2, 0) is 11.8 Å². The number of pyridine rings is 1. The molecule has 0 bridgehead atoms. The number of hydrogen-bond donors (Lipinski definition) is 2. The molecular formula is C14H19N3O2. The third-order valence-electron chi connectivity index (χ3n) is 4.46. The van der Waals surface area contributed by atoms with Crippen LogP contribution < -0.4 is 16.2 Å². The Morgan fingerprint density at radius 3 is 2.84 bits per heavy atom. The summed E-state index contributed by atoms with van der Waals surface area (Å²) in [6, 6.07) is 3.14. The Labute approximate surface area is 112 Å². The van der Waals surface area contributed by atoms with E-state index in [1.54, 1.807) is 19.3 Å². The molecule has 1 saturated carbocycles. The zero-order chi connectivity index (χ0) is 13.5. The molecule has 2 N–H and O–H groups in total. The van der Waals surface area contributed by atoms with Gasteiger partial charge in [0.15, 0.2) is 0 Å². The van der Waals surface area contributed by atoms with Crippen LogP contribution in [0.1, 0.15) is 19.3 Å². The molecule has 2 heterocycles. The number of aryl methyl sites for hydroxylation is 1. The van der Waals surface area contributed by atoms with Gasteiger partial charge < -0.3 is 15.2 Å². The van der Waals surface area contributed by atoms with Gasteiger partial charge in [0.1, 0.15) is 0 Å². The number of hydrogen-bond acceptors (Lipinski definition) is 3. The van der Waals surface area contributed by atoms with Crippen molar-refractivity contribution in [1.82, 2.24) is 9.88 Å². The fourth-order valence-electron chi connectivity index (χ4n) is 3.09. The Balaban J connectivity index is 1.66. The van der Waals surface area contributed by atoms with Crippen LogP contribution in [0.4, 0.5) is 5.69 Å². The maximum atomic E-state index is 12.2. The molecule has 1 amide bonds. The van der Waals surface area contributed by atoms with Gasteiger partial charge in [-0.25, -0.2) is 0 Å². The molecule has 3 rings (SSSR count). The largest absolute Gasteiger partial charge is 0.325 e. The van der Waals surface area contributed by atoms with Gasteiger partial charge in [0, 0.05) is 25.2 Å². The summed E-state index contributed by atoms with van der Waals surface area (Å²) in [7, 11) is 1.68. The number of carbonyl (C=O) groups excluding carboxylic acids is 1. The predicted octanol–water partition coefficient (Wildman–Crippen LogP) is 0.713. The first-order chi connectivity index (χ1) is 9.11. The monoisotopic (exact) mass is 261 g/mol. The van der Waals surface area contributed by atoms with Gasteiger partial charge in [0.25, 0.3) is 0 Å². The van der Waals surface area contributed by atoms with E-state index < -0.39 is 0 Å². The normalized spacial score (nSPS) is 24.2. The first kappa shape index (κ1) is 12.4. The molecule has 2 fully saturated rings. The van der Waals surface area contributed by atoms with E-state index in [-0.39, 0.29) is 22.8 Å². The molecule has 0 radical (unpaired) electrons. The number of carbonyl (C=O) groups is 1. The number of amides is 1. The first-order valence-electron chi connectivity index (χ1n) is 6.79. The molecule has 0 aromatic carbocycles. The number of piperidine rings is 1. The van der Waals surface area contributed by atoms with E-state index in [0.717, 1.165) is 32.4 Å². The maximum Gasteiger partial charge on any atom is 0.250 e. The van der Waals surface area contributed by atoms with Gasteiger partial charge in [-0.3, -0.25) is 9.59 Å². The van der Waals surface area contributed by atoms with Crippen LogP contribution in [0, 0.1) is 11.3 Å². The highest BCUT2D eigenvalue weighted by atomic mass is 16.2. The van der Waals surface area contributed by atoms with Crippen molar-refractivity contribution in [1.29, 1.82) is 0 Å². The summed E-state index contributed by atoms with van der Waals surface area (Å²) in [5, 5.41) is 6.26. The Morgan fingerprint density at radius 2 is 2.16 bits per heavy atom. The van der Waals surface area contributed by atoms with Crippen molar-refractivity contribution in [3.63, 3.8) is 0 Å². The standard InChI is InChI=1S/C14H19N3O2/c1-17-9-10(2-3-12(17)18)16-13(19)11-8-14(11)4-6-15-7-5-14/h2-3,9,11,15H,4-8H2,1H3,(H,16,19). The van der Waals surface area contributed by atoms with Crippen molar-refractivity contribution < 1.29 is 4.79 Å². The van der Waals surface area contributed by atoms with Crippen LogP contribution in [0.5, 0.6) is 0 Å². The summed E-state index contributed by atoms with van der Waals surface area (Å²) >= 11 is 0. The third-order valence-corrected chi connectivity index (χ3v) is 4.46. The Bertz CT molecular complexity index is 558. The lowest BCUT2D eigenvalue weighted by molar-refractivity contribution is -0.118. The van der Waals surface area contributed by atoms with Crippen LogP contribution in [-0.4, -0.2) is 23.6 Å². The Kier molecular flexibility index (Phi) is 2.93. The summed E-state index contributed by atoms with van der Waals surface area (Å²) < 4.78 is 1.48. The Morgan fingerprint density at radius 1 is 1.42 bits per heavy atom. The van der Waals surface area contributed by atoms with Crippen molar-refractivity contribution in [2.45, 2.75) is 19.3 Å². The van der Waals surface area contributed by atoms with Crippen molar-refractivity contribution >= 4 is 11.6 Å². The van der Waals surface area contributed by atoms with Crippen LogP contribution in [0.25, 0.3) is 0 Å². The smallest absolute Gasteiger partial charge is 0.250 e. The molecule has 1 aromatic heterocycles. The summed E-state index contributed by atoms with van der Waals surface area (Å²) in [5.41, 5.74) is 0.873. The quantitative estimate of drug-likeness (QED) is 0.824. The van der Waals surface area contributed by atoms with Gasteiger partial charge in [0.05, 0.1) is 5.69 Å². The van der Waals surface area contributed by atoms with Gasteiger partial charge in [-0.2, -0.15) is 0 Å². The minimum Gasteiger partial charge on any atom is -0.325 e. The fourth-order valence-corrected chi connectivity index (χ4v) is 3.09. The van der Waals surface area contributed by atoms with E-state index in [9.17, 15) is 9.59 Å². The molecule has 1 unspecified atom stereocenters. The van der Waals surface area contributed by atoms with E-state index >= 15 is 0 Å². The van der Waals surface area contributed by atoms with E-state index in [4.69, 9.17) is 0 Å². The minimum absolute atomic E-state index is 0.0701. The topological polar surface area (TPSA) is 63.1 Å². The fraction of sp³-hybridized carbons (Fsp3) is 0.571. The van der Waals surface area contributed by atoms with Crippen LogP contribution in [0.15, 0.2) is 23.1 Å². The molecule has 102 valence electrons. The number of aromatic nitrogens is 1. The molecule has 1 atom stereocenters. The summed E-state index contributed by atoms with van der Waals surface area (Å²) in [6.45, 7) is 2.03. The zero-order valence-electron chi connectivity index (χ0n) is 11.1. The minimum atomic E-state index is -0.0701. The number of nitrogens with zero attached hydrogens (tertiary/aromatic N) is 1. The van der Waals surface area contributed by atoms with E-state index in [1.165, 1.54) is 10.6 Å². The molecule has 1 aliphatic heterocycles. The highest BCUT2D eigenvalue weighted by molar-refractivity contribution is 5.94. The van der Waals surface area contributed by atoms with E-state index in [2.05, 4.69) is 10.6 Å². The number of rotatable bonds is 2. The summed E-state index contributed by atoms with van der Waals surface area (Å²) in [6.07, 6.45) is 4.86. The second-order valence-electron chi connectivity index (χ2n) is 5.73. The SMILES string of the molecule is Cn1cc(NC(=O)C2CC23CCNCC3)ccc1=O. The lowest BCUT2D eigenvalue weighted by Gasteiger charge is -2.23. The molecule has 5 heteroatoms. The number of anilines is 1. The molecule has 1 aromatic rings. The summed E-state index contributed by atoms with van der Waals surface area (Å²) in [4.78, 5) is 23.5. The van der Waals surface area contributed by atoms with Gasteiger partial charge in [-0.1, -0.05) is 0 Å². The van der Waals surface area contributed by atoms with Crippen LogP contribution in [0.3, 0.4) is 0 Å². The first-order valence-corrected chi connectivity index (χ1v) is 6.79. The zero-order valence-corrected chi connectivity index (χ0v) is 11.1. The molecule has 1 spiro atoms. The van der Waals surface area contributed by atoms with E-state index in [1.807, 2.05) is 0 Å². The van der Waals surface area contributed by atoms with Crippen molar-refractivity contribution in [2.75, 3.05) is 18.4 Å². The van der Waals surface area contributed by atoms with Crippen molar-refractivity contribution in [3.8, 4) is 0 Å². The van der Waals surface area contributed by atoms with E-state index in [0.29, 0.717) is 5.69 Å². The molecule has 5 nitrogen and oxygen atoms in total. The number of nitrogens with one attached hydrogen (secondary N) is 2. The van der Waals surface area contributed by atoms with Gasteiger partial charge in [-0.05, 0) is 43.8 Å². The lowest BCUT2D eigenvalue weighted by atomic mass is 9.92. The van der Waals surface area contributed by atoms with Crippen LogP contribution in [0.2, 0.25) is 0 Å². The van der Waals surface area contributed by atoms with Gasteiger partial charge >= 0.3 is 0 Å². The van der Waals surface area contributed by atoms with Crippen LogP contribution >= 0.6 is 0 Å². The maximum absolute atomic E-state index is 12.2. The van der Waals surface area contributed by atoms with Crippen molar-refractivity contribution in [2.24, 2.45) is 18.4 Å². The Hall–Kier alpha value is -1.62. The van der Waals surface area contributed by atoms with Gasteiger partial charge in [-0.15, -0.1) is 0 Å². The third kappa shape index (κ3) is 2.30. The molecular weight excluding hydrogens is 242 g/mol. The lowest BCUT2D eigenvalue weighted by Crippen LogP contribution is -2.31. The molecule has 2 aliphatic rings. The average molecular weight is 261 g/mol. The summed E-state index contributed by atoms with van der Waals surface area (Å²) in [5.74, 6) is 0.243. The molecule has 1 aliphatic carbocycles.